The molecule has 2 N–H and O–H groups in total. The van der Waals surface area contributed by atoms with Crippen LogP contribution in [0.5, 0.6) is 0 Å². The number of esters is 2. The van der Waals surface area contributed by atoms with E-state index in [0.29, 0.717) is 12.8 Å². The molecule has 0 spiro atoms. The van der Waals surface area contributed by atoms with Crippen molar-refractivity contribution in [2.45, 2.75) is 64.9 Å². The molecular formula is C14H27O8P. The molecule has 0 saturated heterocycles. The van der Waals surface area contributed by atoms with Crippen LogP contribution in [0.25, 0.3) is 0 Å². The highest BCUT2D eigenvalue weighted by Crippen LogP contribution is 2.35. The van der Waals surface area contributed by atoms with Crippen LogP contribution in [-0.4, -0.2) is 41.0 Å². The Morgan fingerprint density at radius 2 is 1.57 bits per heavy atom. The third-order valence-electron chi connectivity index (χ3n) is 2.88. The van der Waals surface area contributed by atoms with Crippen molar-refractivity contribution in [1.82, 2.24) is 0 Å². The molecule has 0 rings (SSSR count). The number of phosphoric ester groups is 1. The first-order valence-corrected chi connectivity index (χ1v) is 9.36. The lowest BCUT2D eigenvalue weighted by Gasteiger charge is -2.18. The van der Waals surface area contributed by atoms with E-state index in [4.69, 9.17) is 19.3 Å². The molecule has 0 bridgehead atoms. The predicted octanol–water partition coefficient (Wildman–Crippen LogP) is 2.32. The second-order valence-corrected chi connectivity index (χ2v) is 6.38. The normalized spacial score (nSPS) is 12.7. The summed E-state index contributed by atoms with van der Waals surface area (Å²) in [5, 5.41) is 0. The molecular weight excluding hydrogens is 327 g/mol. The molecule has 0 aliphatic heterocycles. The molecule has 0 fully saturated rings. The van der Waals surface area contributed by atoms with Crippen LogP contribution in [0.4, 0.5) is 0 Å². The van der Waals surface area contributed by atoms with Gasteiger partial charge >= 0.3 is 19.8 Å². The Kier molecular flexibility index (Phi) is 12.0. The maximum atomic E-state index is 11.7. The van der Waals surface area contributed by atoms with E-state index >= 15 is 0 Å². The molecule has 0 aromatic carbocycles. The fourth-order valence-corrected chi connectivity index (χ4v) is 2.00. The number of ether oxygens (including phenoxy) is 2. The molecule has 8 nitrogen and oxygen atoms in total. The van der Waals surface area contributed by atoms with Crippen molar-refractivity contribution in [3.8, 4) is 0 Å². The van der Waals surface area contributed by atoms with E-state index < -0.39 is 32.5 Å². The van der Waals surface area contributed by atoms with Gasteiger partial charge in [-0.15, -0.1) is 0 Å². The topological polar surface area (TPSA) is 119 Å². The smallest absolute Gasteiger partial charge is 0.462 e. The van der Waals surface area contributed by atoms with Crippen molar-refractivity contribution in [2.24, 2.45) is 0 Å². The Morgan fingerprint density at radius 1 is 0.957 bits per heavy atom. The third kappa shape index (κ3) is 14.4. The fourth-order valence-electron chi connectivity index (χ4n) is 1.64. The lowest BCUT2D eigenvalue weighted by molar-refractivity contribution is -0.161. The summed E-state index contributed by atoms with van der Waals surface area (Å²) in [5.74, 6) is -0.961. The van der Waals surface area contributed by atoms with Crippen LogP contribution in [0.15, 0.2) is 0 Å². The van der Waals surface area contributed by atoms with Gasteiger partial charge in [-0.3, -0.25) is 14.1 Å². The van der Waals surface area contributed by atoms with Gasteiger partial charge in [-0.2, -0.15) is 0 Å². The van der Waals surface area contributed by atoms with Crippen molar-refractivity contribution in [3.05, 3.63) is 0 Å². The largest absolute Gasteiger partial charge is 0.469 e. The Hall–Kier alpha value is -0.950. The van der Waals surface area contributed by atoms with Crippen LogP contribution in [0, 0.1) is 0 Å². The molecule has 0 amide bonds. The fraction of sp³-hybridized carbons (Fsp3) is 0.857. The molecule has 0 radical (unpaired) electrons. The van der Waals surface area contributed by atoms with Gasteiger partial charge in [0.25, 0.3) is 0 Å². The first-order chi connectivity index (χ1) is 10.8. The summed E-state index contributed by atoms with van der Waals surface area (Å²) < 4.78 is 25.1. The van der Waals surface area contributed by atoms with Crippen molar-refractivity contribution < 1.29 is 37.9 Å². The number of unbranched alkanes of at least 4 members (excludes halogenated alkanes) is 3. The average molecular weight is 354 g/mol. The van der Waals surface area contributed by atoms with Gasteiger partial charge in [0.05, 0.1) is 6.61 Å². The standard InChI is InChI=1S/C14H27O8P/c1-3-5-7-9-14(16)22-12(11-21-23(17,18)19)10-20-13(15)8-6-4-2/h12H,3-11H2,1-2H3,(H2,17,18,19)/t12-/m1/s1. The second-order valence-electron chi connectivity index (χ2n) is 5.14. The van der Waals surface area contributed by atoms with Gasteiger partial charge in [0, 0.05) is 12.8 Å². The summed E-state index contributed by atoms with van der Waals surface area (Å²) in [7, 11) is -4.69. The van der Waals surface area contributed by atoms with E-state index in [1.54, 1.807) is 0 Å². The minimum absolute atomic E-state index is 0.198. The first-order valence-electron chi connectivity index (χ1n) is 7.83. The monoisotopic (exact) mass is 354 g/mol. The summed E-state index contributed by atoms with van der Waals surface area (Å²) in [6, 6.07) is 0. The molecule has 0 aliphatic rings. The highest BCUT2D eigenvalue weighted by atomic mass is 31.2. The zero-order chi connectivity index (χ0) is 17.7. The van der Waals surface area contributed by atoms with Gasteiger partial charge in [-0.25, -0.2) is 4.57 Å². The van der Waals surface area contributed by atoms with Crippen LogP contribution in [-0.2, 0) is 28.2 Å². The Balaban J connectivity index is 4.35. The van der Waals surface area contributed by atoms with Gasteiger partial charge < -0.3 is 19.3 Å². The molecule has 136 valence electrons. The lowest BCUT2D eigenvalue weighted by Crippen LogP contribution is -2.29. The lowest BCUT2D eigenvalue weighted by atomic mass is 10.2. The third-order valence-corrected chi connectivity index (χ3v) is 3.36. The summed E-state index contributed by atoms with van der Waals surface area (Å²) >= 11 is 0. The maximum Gasteiger partial charge on any atom is 0.469 e. The minimum atomic E-state index is -4.69. The van der Waals surface area contributed by atoms with Gasteiger partial charge in [0.1, 0.15) is 6.61 Å². The predicted molar refractivity (Wildman–Crippen MR) is 82.5 cm³/mol. The SMILES string of the molecule is CCCCCC(=O)O[C@H](COC(=O)CCCC)COP(=O)(O)O. The summed E-state index contributed by atoms with van der Waals surface area (Å²) in [5.41, 5.74) is 0. The maximum absolute atomic E-state index is 11.7. The first kappa shape index (κ1) is 22.1. The van der Waals surface area contributed by atoms with Crippen LogP contribution in [0.2, 0.25) is 0 Å². The van der Waals surface area contributed by atoms with E-state index in [-0.39, 0.29) is 19.4 Å². The van der Waals surface area contributed by atoms with Crippen molar-refractivity contribution in [3.63, 3.8) is 0 Å². The van der Waals surface area contributed by atoms with E-state index in [1.165, 1.54) is 0 Å². The molecule has 0 aromatic heterocycles. The average Bonchev–Trinajstić information content (AvgIpc) is 2.47. The van der Waals surface area contributed by atoms with Gasteiger partial charge in [0.15, 0.2) is 6.10 Å². The second kappa shape index (κ2) is 12.5. The zero-order valence-corrected chi connectivity index (χ0v) is 14.6. The van der Waals surface area contributed by atoms with E-state index in [0.717, 1.165) is 19.3 Å². The van der Waals surface area contributed by atoms with Gasteiger partial charge in [0.2, 0.25) is 0 Å². The molecule has 0 saturated carbocycles. The van der Waals surface area contributed by atoms with Crippen LogP contribution >= 0.6 is 7.82 Å². The molecule has 0 aliphatic carbocycles. The molecule has 0 unspecified atom stereocenters. The number of carbonyl (C=O) groups excluding carboxylic acids is 2. The molecule has 0 heterocycles. The van der Waals surface area contributed by atoms with Crippen molar-refractivity contribution in [1.29, 1.82) is 0 Å². The van der Waals surface area contributed by atoms with Crippen molar-refractivity contribution >= 4 is 19.8 Å². The number of phosphoric acid groups is 1. The quantitative estimate of drug-likeness (QED) is 0.294. The van der Waals surface area contributed by atoms with Crippen molar-refractivity contribution in [2.75, 3.05) is 13.2 Å². The van der Waals surface area contributed by atoms with Crippen LogP contribution < -0.4 is 0 Å². The summed E-state index contributed by atoms with van der Waals surface area (Å²) in [6.07, 6.45) is 3.42. The Morgan fingerprint density at radius 3 is 2.13 bits per heavy atom. The molecule has 9 heteroatoms. The van der Waals surface area contributed by atoms with Gasteiger partial charge in [-0.1, -0.05) is 33.1 Å². The molecule has 1 atom stereocenters. The summed E-state index contributed by atoms with van der Waals surface area (Å²) in [4.78, 5) is 40.5. The Labute approximate surface area is 136 Å². The van der Waals surface area contributed by atoms with E-state index in [1.807, 2.05) is 13.8 Å². The van der Waals surface area contributed by atoms with E-state index in [9.17, 15) is 14.2 Å². The highest BCUT2D eigenvalue weighted by molar-refractivity contribution is 7.46. The Bertz CT molecular complexity index is 392. The number of hydrogen-bond donors (Lipinski definition) is 2. The highest BCUT2D eigenvalue weighted by Gasteiger charge is 2.22. The summed E-state index contributed by atoms with van der Waals surface area (Å²) in [6.45, 7) is 3.10. The number of carbonyl (C=O) groups is 2. The minimum Gasteiger partial charge on any atom is -0.462 e. The van der Waals surface area contributed by atoms with Crippen LogP contribution in [0.1, 0.15) is 58.8 Å². The van der Waals surface area contributed by atoms with Crippen LogP contribution in [0.3, 0.4) is 0 Å². The zero-order valence-electron chi connectivity index (χ0n) is 13.7. The molecule has 0 aromatic rings. The van der Waals surface area contributed by atoms with Gasteiger partial charge in [-0.05, 0) is 12.8 Å². The number of hydrogen-bond acceptors (Lipinski definition) is 6. The molecule has 23 heavy (non-hydrogen) atoms. The number of rotatable bonds is 13. The van der Waals surface area contributed by atoms with E-state index in [2.05, 4.69) is 4.52 Å².